The van der Waals surface area contributed by atoms with E-state index in [1.54, 1.807) is 0 Å². The second-order valence-corrected chi connectivity index (χ2v) is 8.78. The van der Waals surface area contributed by atoms with Crippen LogP contribution in [-0.2, 0) is 0 Å². The molecule has 0 saturated heterocycles. The monoisotopic (exact) mass is 411 g/mol. The fourth-order valence-electron chi connectivity index (χ4n) is 3.51. The van der Waals surface area contributed by atoms with E-state index in [1.165, 1.54) is 22.7 Å². The minimum Gasteiger partial charge on any atom is -0.486 e. The SMILES string of the molecule is Cc1cc(C)c2c(C)c(C(=O)Nc3nc4cc5c(cc4s3)OCCO5)sc2n1. The quantitative estimate of drug-likeness (QED) is 0.510. The minimum atomic E-state index is -0.158. The summed E-state index contributed by atoms with van der Waals surface area (Å²) in [7, 11) is 0. The first-order valence-corrected chi connectivity index (χ1v) is 10.5. The number of rotatable bonds is 2. The van der Waals surface area contributed by atoms with Crippen molar-refractivity contribution in [3.63, 3.8) is 0 Å². The van der Waals surface area contributed by atoms with Crippen molar-refractivity contribution in [2.45, 2.75) is 20.8 Å². The normalized spacial score (nSPS) is 13.2. The van der Waals surface area contributed by atoms with Crippen molar-refractivity contribution in [3.05, 3.63) is 39.9 Å². The number of hydrogen-bond donors (Lipinski definition) is 1. The number of amides is 1. The Morgan fingerprint density at radius 3 is 2.57 bits per heavy atom. The van der Waals surface area contributed by atoms with E-state index in [-0.39, 0.29) is 5.91 Å². The van der Waals surface area contributed by atoms with Gasteiger partial charge in [-0.25, -0.2) is 9.97 Å². The van der Waals surface area contributed by atoms with E-state index in [9.17, 15) is 4.79 Å². The molecule has 0 radical (unpaired) electrons. The molecule has 4 aromatic rings. The Balaban J connectivity index is 1.49. The number of benzene rings is 1. The largest absolute Gasteiger partial charge is 0.486 e. The van der Waals surface area contributed by atoms with Gasteiger partial charge in [-0.15, -0.1) is 11.3 Å². The summed E-state index contributed by atoms with van der Waals surface area (Å²) >= 11 is 2.84. The zero-order valence-electron chi connectivity index (χ0n) is 15.6. The van der Waals surface area contributed by atoms with Gasteiger partial charge in [0.1, 0.15) is 18.0 Å². The van der Waals surface area contributed by atoms with Crippen LogP contribution in [0.5, 0.6) is 11.5 Å². The zero-order valence-corrected chi connectivity index (χ0v) is 17.2. The number of aryl methyl sites for hydroxylation is 3. The summed E-state index contributed by atoms with van der Waals surface area (Å²) < 4.78 is 12.2. The van der Waals surface area contributed by atoms with Crippen molar-refractivity contribution < 1.29 is 14.3 Å². The first-order valence-electron chi connectivity index (χ1n) is 8.88. The third-order valence-corrected chi connectivity index (χ3v) is 6.82. The average Bonchev–Trinajstić information content (AvgIpc) is 3.19. The summed E-state index contributed by atoms with van der Waals surface area (Å²) in [5.74, 6) is 1.26. The molecule has 5 rings (SSSR count). The molecule has 1 N–H and O–H groups in total. The number of aromatic nitrogens is 2. The molecule has 0 saturated carbocycles. The molecular weight excluding hydrogens is 394 g/mol. The number of hydrogen-bond acceptors (Lipinski definition) is 7. The first-order chi connectivity index (χ1) is 13.5. The second kappa shape index (κ2) is 6.42. The highest BCUT2D eigenvalue weighted by atomic mass is 32.1. The van der Waals surface area contributed by atoms with E-state index in [1.807, 2.05) is 32.0 Å². The fraction of sp³-hybridized carbons (Fsp3) is 0.250. The molecule has 3 aromatic heterocycles. The summed E-state index contributed by atoms with van der Waals surface area (Å²) in [5.41, 5.74) is 3.84. The number of thiophene rings is 1. The number of carbonyl (C=O) groups is 1. The van der Waals surface area contributed by atoms with Gasteiger partial charge in [0, 0.05) is 23.2 Å². The van der Waals surface area contributed by atoms with Gasteiger partial charge in [0.25, 0.3) is 5.91 Å². The van der Waals surface area contributed by atoms with Crippen molar-refractivity contribution >= 4 is 54.1 Å². The number of carbonyl (C=O) groups excluding carboxylic acids is 1. The topological polar surface area (TPSA) is 73.3 Å². The highest BCUT2D eigenvalue weighted by molar-refractivity contribution is 7.23. The van der Waals surface area contributed by atoms with Crippen LogP contribution in [0.3, 0.4) is 0 Å². The Morgan fingerprint density at radius 2 is 1.79 bits per heavy atom. The van der Waals surface area contributed by atoms with Crippen LogP contribution < -0.4 is 14.8 Å². The fourth-order valence-corrected chi connectivity index (χ4v) is 5.58. The van der Waals surface area contributed by atoms with Gasteiger partial charge in [-0.1, -0.05) is 11.3 Å². The van der Waals surface area contributed by atoms with Crippen LogP contribution in [0.15, 0.2) is 18.2 Å². The van der Waals surface area contributed by atoms with Crippen molar-refractivity contribution in [1.82, 2.24) is 9.97 Å². The van der Waals surface area contributed by atoms with Crippen LogP contribution in [-0.4, -0.2) is 29.1 Å². The van der Waals surface area contributed by atoms with Crippen LogP contribution in [0, 0.1) is 20.8 Å². The number of pyridine rings is 1. The smallest absolute Gasteiger partial charge is 0.267 e. The van der Waals surface area contributed by atoms with E-state index in [0.29, 0.717) is 29.0 Å². The van der Waals surface area contributed by atoms with E-state index in [0.717, 1.165) is 43.0 Å². The molecule has 8 heteroatoms. The Bertz CT molecular complexity index is 1220. The van der Waals surface area contributed by atoms with Gasteiger partial charge in [0.05, 0.1) is 15.1 Å². The zero-order chi connectivity index (χ0) is 19.4. The number of nitrogens with one attached hydrogen (secondary N) is 1. The minimum absolute atomic E-state index is 0.158. The highest BCUT2D eigenvalue weighted by Gasteiger charge is 2.20. The third kappa shape index (κ3) is 2.80. The van der Waals surface area contributed by atoms with Crippen LogP contribution in [0.4, 0.5) is 5.13 Å². The molecule has 0 atom stereocenters. The predicted molar refractivity (Wildman–Crippen MR) is 112 cm³/mol. The van der Waals surface area contributed by atoms with E-state index in [4.69, 9.17) is 9.47 Å². The summed E-state index contributed by atoms with van der Waals surface area (Å²) in [6, 6.07) is 5.82. The molecule has 28 heavy (non-hydrogen) atoms. The lowest BCUT2D eigenvalue weighted by atomic mass is 10.1. The number of thiazole rings is 1. The number of anilines is 1. The van der Waals surface area contributed by atoms with Crippen LogP contribution in [0.2, 0.25) is 0 Å². The van der Waals surface area contributed by atoms with E-state index < -0.39 is 0 Å². The maximum absolute atomic E-state index is 12.9. The highest BCUT2D eigenvalue weighted by Crippen LogP contribution is 2.38. The van der Waals surface area contributed by atoms with Crippen LogP contribution >= 0.6 is 22.7 Å². The van der Waals surface area contributed by atoms with E-state index in [2.05, 4.69) is 22.2 Å². The number of fused-ring (bicyclic) bond motifs is 3. The van der Waals surface area contributed by atoms with Crippen molar-refractivity contribution in [2.24, 2.45) is 0 Å². The molecule has 4 heterocycles. The molecule has 6 nitrogen and oxygen atoms in total. The molecule has 0 aliphatic carbocycles. The lowest BCUT2D eigenvalue weighted by molar-refractivity contribution is 0.103. The molecular formula is C20H17N3O3S2. The Morgan fingerprint density at radius 1 is 1.04 bits per heavy atom. The van der Waals surface area contributed by atoms with Crippen LogP contribution in [0.25, 0.3) is 20.4 Å². The van der Waals surface area contributed by atoms with Crippen molar-refractivity contribution in [3.8, 4) is 11.5 Å². The Kier molecular flexibility index (Phi) is 3.99. The Labute approximate surface area is 169 Å². The van der Waals surface area contributed by atoms with Gasteiger partial charge in [0.15, 0.2) is 16.6 Å². The molecule has 142 valence electrons. The summed E-state index contributed by atoms with van der Waals surface area (Å²) in [6.45, 7) is 7.07. The van der Waals surface area contributed by atoms with Crippen molar-refractivity contribution in [2.75, 3.05) is 18.5 Å². The lowest BCUT2D eigenvalue weighted by Crippen LogP contribution is -2.15. The maximum Gasteiger partial charge on any atom is 0.267 e. The van der Waals surface area contributed by atoms with Gasteiger partial charge in [0.2, 0.25) is 0 Å². The first kappa shape index (κ1) is 17.4. The second-order valence-electron chi connectivity index (χ2n) is 6.75. The molecule has 0 spiro atoms. The average molecular weight is 412 g/mol. The number of nitrogens with zero attached hydrogens (tertiary/aromatic N) is 2. The van der Waals surface area contributed by atoms with Gasteiger partial charge in [-0.2, -0.15) is 0 Å². The van der Waals surface area contributed by atoms with Gasteiger partial charge in [-0.3, -0.25) is 10.1 Å². The Hall–Kier alpha value is -2.71. The molecule has 0 bridgehead atoms. The molecule has 0 fully saturated rings. The lowest BCUT2D eigenvalue weighted by Gasteiger charge is -2.17. The summed E-state index contributed by atoms with van der Waals surface area (Å²) in [5, 5.41) is 4.56. The number of ether oxygens (including phenoxy) is 2. The molecule has 0 unspecified atom stereocenters. The molecule has 1 aliphatic rings. The summed E-state index contributed by atoms with van der Waals surface area (Å²) in [4.78, 5) is 23.6. The van der Waals surface area contributed by atoms with Crippen LogP contribution in [0.1, 0.15) is 26.5 Å². The van der Waals surface area contributed by atoms with E-state index >= 15 is 0 Å². The standard InChI is InChI=1S/C20H17N3O3S2/c1-9-6-10(2)21-19-16(9)11(3)17(28-19)18(24)23-20-22-12-7-13-14(8-15(12)27-20)26-5-4-25-13/h6-8H,4-5H2,1-3H3,(H,22,23,24). The van der Waals surface area contributed by atoms with Crippen molar-refractivity contribution in [1.29, 1.82) is 0 Å². The summed E-state index contributed by atoms with van der Waals surface area (Å²) in [6.07, 6.45) is 0. The molecule has 1 amide bonds. The molecule has 1 aromatic carbocycles. The van der Waals surface area contributed by atoms with Gasteiger partial charge in [-0.05, 0) is 38.0 Å². The van der Waals surface area contributed by atoms with Gasteiger partial charge >= 0.3 is 0 Å². The third-order valence-electron chi connectivity index (χ3n) is 4.70. The maximum atomic E-state index is 12.9. The predicted octanol–water partition coefficient (Wildman–Crippen LogP) is 4.85. The molecule has 1 aliphatic heterocycles. The van der Waals surface area contributed by atoms with Gasteiger partial charge < -0.3 is 9.47 Å².